The highest BCUT2D eigenvalue weighted by molar-refractivity contribution is 7.89. The number of ether oxygens (including phenoxy) is 1. The minimum Gasteiger partial charge on any atom is -0.379 e. The third kappa shape index (κ3) is 4.16. The molecular formula is C13H16ClFN2O4S. The van der Waals surface area contributed by atoms with E-state index in [1.54, 1.807) is 0 Å². The number of nitrogens with zero attached hydrogens (tertiary/aromatic N) is 1. The molecule has 1 aliphatic rings. The van der Waals surface area contributed by atoms with Crippen LogP contribution >= 0.6 is 11.6 Å². The van der Waals surface area contributed by atoms with E-state index in [0.29, 0.717) is 26.3 Å². The smallest absolute Gasteiger partial charge is 0.255 e. The zero-order chi connectivity index (χ0) is 16.2. The van der Waals surface area contributed by atoms with Gasteiger partial charge in [-0.3, -0.25) is 4.79 Å². The third-order valence-corrected chi connectivity index (χ3v) is 5.39. The Hall–Kier alpha value is -1.22. The van der Waals surface area contributed by atoms with Gasteiger partial charge in [-0.25, -0.2) is 12.8 Å². The van der Waals surface area contributed by atoms with Crippen LogP contribution in [0.4, 0.5) is 4.39 Å². The van der Waals surface area contributed by atoms with Gasteiger partial charge in [0, 0.05) is 19.6 Å². The fourth-order valence-corrected chi connectivity index (χ4v) is 3.62. The molecule has 0 atom stereocenters. The maximum atomic E-state index is 13.6. The predicted molar refractivity (Wildman–Crippen MR) is 79.9 cm³/mol. The molecule has 1 amide bonds. The monoisotopic (exact) mass is 350 g/mol. The fraction of sp³-hybridized carbons (Fsp3) is 0.462. The van der Waals surface area contributed by atoms with Crippen LogP contribution in [0.2, 0.25) is 5.02 Å². The van der Waals surface area contributed by atoms with Crippen LogP contribution < -0.4 is 5.32 Å². The molecule has 0 spiro atoms. The molecule has 1 fully saturated rings. The van der Waals surface area contributed by atoms with Crippen molar-refractivity contribution in [2.45, 2.75) is 0 Å². The van der Waals surface area contributed by atoms with E-state index < -0.39 is 21.7 Å². The van der Waals surface area contributed by atoms with Crippen molar-refractivity contribution in [3.05, 3.63) is 34.6 Å². The lowest BCUT2D eigenvalue weighted by Gasteiger charge is -2.26. The summed E-state index contributed by atoms with van der Waals surface area (Å²) in [5.74, 6) is -1.74. The Labute approximate surface area is 133 Å². The van der Waals surface area contributed by atoms with Crippen molar-refractivity contribution in [3.63, 3.8) is 0 Å². The molecule has 1 heterocycles. The van der Waals surface area contributed by atoms with Crippen molar-refractivity contribution in [2.24, 2.45) is 0 Å². The molecule has 0 unspecified atom stereocenters. The van der Waals surface area contributed by atoms with E-state index in [1.165, 1.54) is 16.4 Å². The zero-order valence-electron chi connectivity index (χ0n) is 11.7. The van der Waals surface area contributed by atoms with Gasteiger partial charge in [0.25, 0.3) is 5.91 Å². The lowest BCUT2D eigenvalue weighted by molar-refractivity contribution is 0.0730. The van der Waals surface area contributed by atoms with Gasteiger partial charge in [0.1, 0.15) is 5.82 Å². The predicted octanol–water partition coefficient (Wildman–Crippen LogP) is 0.871. The van der Waals surface area contributed by atoms with Gasteiger partial charge in [-0.15, -0.1) is 0 Å². The summed E-state index contributed by atoms with van der Waals surface area (Å²) < 4.78 is 44.1. The van der Waals surface area contributed by atoms with E-state index in [9.17, 15) is 17.6 Å². The maximum absolute atomic E-state index is 13.6. The topological polar surface area (TPSA) is 75.7 Å². The molecular weight excluding hydrogens is 335 g/mol. The van der Waals surface area contributed by atoms with Gasteiger partial charge in [-0.2, -0.15) is 4.31 Å². The van der Waals surface area contributed by atoms with E-state index in [4.69, 9.17) is 16.3 Å². The number of hydrogen-bond acceptors (Lipinski definition) is 4. The highest BCUT2D eigenvalue weighted by Gasteiger charge is 2.24. The molecule has 1 saturated heterocycles. The first-order valence-electron chi connectivity index (χ1n) is 6.69. The van der Waals surface area contributed by atoms with Crippen LogP contribution in [-0.4, -0.2) is 57.2 Å². The number of halogens is 2. The Morgan fingerprint density at radius 1 is 1.36 bits per heavy atom. The lowest BCUT2D eigenvalue weighted by Crippen LogP contribution is -2.43. The summed E-state index contributed by atoms with van der Waals surface area (Å²) in [6.45, 7) is 1.20. The highest BCUT2D eigenvalue weighted by atomic mass is 35.5. The van der Waals surface area contributed by atoms with E-state index in [-0.39, 0.29) is 22.9 Å². The highest BCUT2D eigenvalue weighted by Crippen LogP contribution is 2.18. The molecule has 0 aliphatic carbocycles. The number of benzene rings is 1. The largest absolute Gasteiger partial charge is 0.379 e. The molecule has 0 radical (unpaired) electrons. The summed E-state index contributed by atoms with van der Waals surface area (Å²) in [5.41, 5.74) is -0.284. The normalized spacial score (nSPS) is 16.5. The van der Waals surface area contributed by atoms with E-state index in [1.807, 2.05) is 0 Å². The van der Waals surface area contributed by atoms with E-state index >= 15 is 0 Å². The first-order valence-corrected chi connectivity index (χ1v) is 8.68. The average Bonchev–Trinajstić information content (AvgIpc) is 2.48. The Morgan fingerprint density at radius 3 is 2.68 bits per heavy atom. The van der Waals surface area contributed by atoms with Crippen LogP contribution in [0.3, 0.4) is 0 Å². The number of morpholine rings is 1. The molecule has 1 aromatic rings. The summed E-state index contributed by atoms with van der Waals surface area (Å²) >= 11 is 5.77. The molecule has 0 bridgehead atoms. The van der Waals surface area contributed by atoms with Gasteiger partial charge in [-0.1, -0.05) is 17.7 Å². The Kier molecular flexibility index (Phi) is 5.74. The zero-order valence-corrected chi connectivity index (χ0v) is 13.3. The minimum absolute atomic E-state index is 0.0199. The van der Waals surface area contributed by atoms with Crippen LogP contribution in [0.1, 0.15) is 10.4 Å². The number of sulfonamides is 1. The first-order chi connectivity index (χ1) is 10.4. The molecule has 9 heteroatoms. The van der Waals surface area contributed by atoms with E-state index in [2.05, 4.69) is 5.32 Å². The standard InChI is InChI=1S/C13H16ClFN2O4S/c14-10-2-1-3-11(15)12(10)13(18)16-4-9-22(19,20)17-5-7-21-8-6-17/h1-3H,4-9H2,(H,16,18). The lowest BCUT2D eigenvalue weighted by atomic mass is 10.2. The Morgan fingerprint density at radius 2 is 2.05 bits per heavy atom. The van der Waals surface area contributed by atoms with Crippen LogP contribution in [-0.2, 0) is 14.8 Å². The molecule has 1 aliphatic heterocycles. The molecule has 0 aromatic heterocycles. The van der Waals surface area contributed by atoms with Gasteiger partial charge in [0.2, 0.25) is 10.0 Å². The van der Waals surface area contributed by atoms with Gasteiger partial charge >= 0.3 is 0 Å². The summed E-state index contributed by atoms with van der Waals surface area (Å²) in [4.78, 5) is 11.9. The summed E-state index contributed by atoms with van der Waals surface area (Å²) in [5, 5.41) is 2.36. The molecule has 122 valence electrons. The Bertz CT molecular complexity index is 627. The first kappa shape index (κ1) is 17.1. The second-order valence-electron chi connectivity index (χ2n) is 4.68. The van der Waals surface area contributed by atoms with Crippen molar-refractivity contribution < 1.29 is 22.3 Å². The molecule has 0 saturated carbocycles. The maximum Gasteiger partial charge on any atom is 0.255 e. The van der Waals surface area contributed by atoms with Crippen molar-refractivity contribution >= 4 is 27.5 Å². The second kappa shape index (κ2) is 7.36. The molecule has 1 N–H and O–H groups in total. The van der Waals surface area contributed by atoms with Gasteiger partial charge < -0.3 is 10.1 Å². The number of hydrogen-bond donors (Lipinski definition) is 1. The van der Waals surface area contributed by atoms with Crippen LogP contribution in [0, 0.1) is 5.82 Å². The van der Waals surface area contributed by atoms with Crippen LogP contribution in [0.25, 0.3) is 0 Å². The molecule has 2 rings (SSSR count). The molecule has 22 heavy (non-hydrogen) atoms. The third-order valence-electron chi connectivity index (χ3n) is 3.20. The number of amides is 1. The fourth-order valence-electron chi connectivity index (χ4n) is 2.05. The van der Waals surface area contributed by atoms with Gasteiger partial charge in [-0.05, 0) is 12.1 Å². The number of rotatable bonds is 5. The SMILES string of the molecule is O=C(NCCS(=O)(=O)N1CCOCC1)c1c(F)cccc1Cl. The van der Waals surface area contributed by atoms with Gasteiger partial charge in [0.15, 0.2) is 0 Å². The average molecular weight is 351 g/mol. The van der Waals surface area contributed by atoms with E-state index in [0.717, 1.165) is 6.07 Å². The van der Waals surface area contributed by atoms with Crippen LogP contribution in [0.5, 0.6) is 0 Å². The quantitative estimate of drug-likeness (QED) is 0.855. The van der Waals surface area contributed by atoms with Gasteiger partial charge in [0.05, 0.1) is 29.6 Å². The minimum atomic E-state index is -3.47. The van der Waals surface area contributed by atoms with Crippen molar-refractivity contribution in [1.82, 2.24) is 9.62 Å². The number of nitrogens with one attached hydrogen (secondary N) is 1. The second-order valence-corrected chi connectivity index (χ2v) is 7.18. The number of carbonyl (C=O) groups is 1. The Balaban J connectivity index is 1.91. The van der Waals surface area contributed by atoms with Crippen LogP contribution in [0.15, 0.2) is 18.2 Å². The summed E-state index contributed by atoms with van der Waals surface area (Å²) in [7, 11) is -3.47. The molecule has 6 nitrogen and oxygen atoms in total. The summed E-state index contributed by atoms with van der Waals surface area (Å²) in [6.07, 6.45) is 0. The number of carbonyl (C=O) groups excluding carboxylic acids is 1. The van der Waals surface area contributed by atoms with Crippen molar-refractivity contribution in [1.29, 1.82) is 0 Å². The molecule has 1 aromatic carbocycles. The van der Waals surface area contributed by atoms with Crippen molar-refractivity contribution in [3.8, 4) is 0 Å². The summed E-state index contributed by atoms with van der Waals surface area (Å²) in [6, 6.07) is 3.90. The van der Waals surface area contributed by atoms with Crippen molar-refractivity contribution in [2.75, 3.05) is 38.6 Å².